The second kappa shape index (κ2) is 3.99. The lowest BCUT2D eigenvalue weighted by molar-refractivity contribution is 0.00776. The average Bonchev–Trinajstić information content (AvgIpc) is 2.82. The van der Waals surface area contributed by atoms with Gasteiger partial charge in [-0.1, -0.05) is 0 Å². The van der Waals surface area contributed by atoms with E-state index in [1.54, 1.807) is 11.3 Å². The Morgan fingerprint density at radius 3 is 2.82 bits per heavy atom. The number of hydrogen-bond acceptors (Lipinski definition) is 3. The summed E-state index contributed by atoms with van der Waals surface area (Å²) in [6, 6.07) is 0.0758. The molecule has 0 saturated heterocycles. The maximum atomic E-state index is 13.2. The maximum absolute atomic E-state index is 13.2. The minimum absolute atomic E-state index is 0.00790. The lowest BCUT2D eigenvalue weighted by Crippen LogP contribution is -2.15. The first-order chi connectivity index (χ1) is 8.05. The van der Waals surface area contributed by atoms with E-state index in [1.807, 2.05) is 0 Å². The van der Waals surface area contributed by atoms with Gasteiger partial charge in [0.15, 0.2) is 0 Å². The highest BCUT2D eigenvalue weighted by molar-refractivity contribution is 7.12. The van der Waals surface area contributed by atoms with Crippen LogP contribution in [0.15, 0.2) is 0 Å². The topological polar surface area (TPSA) is 38.9 Å². The molecule has 5 heteroatoms. The van der Waals surface area contributed by atoms with Gasteiger partial charge in [-0.3, -0.25) is 0 Å². The Morgan fingerprint density at radius 2 is 2.18 bits per heavy atom. The van der Waals surface area contributed by atoms with Crippen molar-refractivity contribution in [1.82, 2.24) is 4.98 Å². The largest absolute Gasteiger partial charge is 0.323 e. The molecule has 1 aromatic heterocycles. The molecule has 1 heterocycles. The molecule has 0 radical (unpaired) electrons. The third kappa shape index (κ3) is 2.10. The molecule has 0 bridgehead atoms. The minimum atomic E-state index is -2.49. The van der Waals surface area contributed by atoms with E-state index in [0.29, 0.717) is 6.42 Å². The van der Waals surface area contributed by atoms with Crippen LogP contribution in [0.2, 0.25) is 0 Å². The summed E-state index contributed by atoms with van der Waals surface area (Å²) in [6.45, 7) is 0. The van der Waals surface area contributed by atoms with Crippen LogP contribution in [0.3, 0.4) is 0 Å². The van der Waals surface area contributed by atoms with Crippen molar-refractivity contribution in [3.63, 3.8) is 0 Å². The van der Waals surface area contributed by atoms with Crippen molar-refractivity contribution in [3.8, 4) is 0 Å². The summed E-state index contributed by atoms with van der Waals surface area (Å²) in [5.41, 5.74) is 7.10. The number of fused-ring (bicyclic) bond motifs is 1. The third-order valence-corrected chi connectivity index (χ3v) is 5.15. The minimum Gasteiger partial charge on any atom is -0.323 e. The summed E-state index contributed by atoms with van der Waals surface area (Å²) in [6.07, 6.45) is 3.56. The van der Waals surface area contributed by atoms with E-state index < -0.39 is 5.92 Å². The summed E-state index contributed by atoms with van der Waals surface area (Å²) in [5, 5.41) is 0.893. The molecule has 3 rings (SSSR count). The SMILES string of the molecule is NC1CCCc2nc(C3CCC(F)(F)C3)sc21. The molecule has 2 aliphatic rings. The molecule has 2 N–H and O–H groups in total. The zero-order chi connectivity index (χ0) is 12.0. The highest BCUT2D eigenvalue weighted by Gasteiger charge is 2.41. The van der Waals surface area contributed by atoms with Crippen LogP contribution in [0, 0.1) is 0 Å². The highest BCUT2D eigenvalue weighted by atomic mass is 32.1. The molecular weight excluding hydrogens is 242 g/mol. The first-order valence-electron chi connectivity index (χ1n) is 6.18. The number of aryl methyl sites for hydroxylation is 1. The Labute approximate surface area is 103 Å². The Bertz CT molecular complexity index is 430. The van der Waals surface area contributed by atoms with Gasteiger partial charge in [0.25, 0.3) is 0 Å². The lowest BCUT2D eigenvalue weighted by Gasteiger charge is -2.15. The molecule has 2 aliphatic carbocycles. The van der Waals surface area contributed by atoms with Crippen molar-refractivity contribution in [1.29, 1.82) is 0 Å². The number of rotatable bonds is 1. The molecular formula is C12H16F2N2S. The number of thiazole rings is 1. The highest BCUT2D eigenvalue weighted by Crippen LogP contribution is 2.46. The summed E-state index contributed by atoms with van der Waals surface area (Å²) >= 11 is 1.57. The molecule has 1 aromatic rings. The van der Waals surface area contributed by atoms with Gasteiger partial charge in [-0.15, -0.1) is 11.3 Å². The van der Waals surface area contributed by atoms with Crippen molar-refractivity contribution in [2.75, 3.05) is 0 Å². The molecule has 0 aliphatic heterocycles. The average molecular weight is 258 g/mol. The number of nitrogens with two attached hydrogens (primary N) is 1. The van der Waals surface area contributed by atoms with Gasteiger partial charge in [0.1, 0.15) is 0 Å². The van der Waals surface area contributed by atoms with Crippen LogP contribution in [0.4, 0.5) is 8.78 Å². The first-order valence-corrected chi connectivity index (χ1v) is 7.00. The first kappa shape index (κ1) is 11.5. The molecule has 0 amide bonds. The number of hydrogen-bond donors (Lipinski definition) is 1. The second-order valence-electron chi connectivity index (χ2n) is 5.16. The van der Waals surface area contributed by atoms with Crippen molar-refractivity contribution in [3.05, 3.63) is 15.6 Å². The Kier molecular flexibility index (Phi) is 2.70. The fourth-order valence-electron chi connectivity index (χ4n) is 2.81. The van der Waals surface area contributed by atoms with Gasteiger partial charge in [0.2, 0.25) is 5.92 Å². The maximum Gasteiger partial charge on any atom is 0.248 e. The molecule has 94 valence electrons. The molecule has 0 aromatic carbocycles. The van der Waals surface area contributed by atoms with Crippen LogP contribution < -0.4 is 5.73 Å². The lowest BCUT2D eigenvalue weighted by atomic mass is 9.99. The summed E-state index contributed by atoms with van der Waals surface area (Å²) in [7, 11) is 0. The van der Waals surface area contributed by atoms with Gasteiger partial charge in [-0.25, -0.2) is 13.8 Å². The molecule has 1 saturated carbocycles. The second-order valence-corrected chi connectivity index (χ2v) is 6.22. The number of alkyl halides is 2. The molecule has 0 spiro atoms. The van der Waals surface area contributed by atoms with Gasteiger partial charge in [-0.2, -0.15) is 0 Å². The van der Waals surface area contributed by atoms with E-state index in [2.05, 4.69) is 4.98 Å². The quantitative estimate of drug-likeness (QED) is 0.838. The van der Waals surface area contributed by atoms with Crippen molar-refractivity contribution in [2.45, 2.75) is 56.4 Å². The number of halogens is 2. The number of aromatic nitrogens is 1. The fraction of sp³-hybridized carbons (Fsp3) is 0.750. The molecule has 2 atom stereocenters. The van der Waals surface area contributed by atoms with Crippen molar-refractivity contribution in [2.24, 2.45) is 5.73 Å². The Hall–Kier alpha value is -0.550. The Balaban J connectivity index is 1.85. The standard InChI is InChI=1S/C12H16F2N2S/c13-12(14)5-4-7(6-12)11-16-9-3-1-2-8(15)10(9)17-11/h7-8H,1-6,15H2. The molecule has 2 unspecified atom stereocenters. The van der Waals surface area contributed by atoms with Crippen LogP contribution in [-0.2, 0) is 6.42 Å². The van der Waals surface area contributed by atoms with E-state index >= 15 is 0 Å². The number of nitrogens with zero attached hydrogens (tertiary/aromatic N) is 1. The summed E-state index contributed by atoms with van der Waals surface area (Å²) in [5.74, 6) is -2.54. The van der Waals surface area contributed by atoms with Gasteiger partial charge in [0.05, 0.1) is 10.7 Å². The van der Waals surface area contributed by atoms with Gasteiger partial charge in [0, 0.05) is 29.7 Å². The van der Waals surface area contributed by atoms with Crippen molar-refractivity contribution < 1.29 is 8.78 Å². The molecule has 1 fully saturated rings. The predicted molar refractivity (Wildman–Crippen MR) is 63.5 cm³/mol. The zero-order valence-corrected chi connectivity index (χ0v) is 10.4. The summed E-state index contributed by atoms with van der Waals surface area (Å²) in [4.78, 5) is 5.69. The van der Waals surface area contributed by atoms with E-state index in [1.165, 1.54) is 0 Å². The smallest absolute Gasteiger partial charge is 0.248 e. The monoisotopic (exact) mass is 258 g/mol. The Morgan fingerprint density at radius 1 is 1.35 bits per heavy atom. The molecule has 2 nitrogen and oxygen atoms in total. The van der Waals surface area contributed by atoms with Gasteiger partial charge >= 0.3 is 0 Å². The third-order valence-electron chi connectivity index (χ3n) is 3.76. The van der Waals surface area contributed by atoms with Gasteiger partial charge < -0.3 is 5.73 Å². The van der Waals surface area contributed by atoms with E-state index in [0.717, 1.165) is 34.8 Å². The van der Waals surface area contributed by atoms with Crippen LogP contribution >= 0.6 is 11.3 Å². The predicted octanol–water partition coefficient (Wildman–Crippen LogP) is 3.38. The van der Waals surface area contributed by atoms with Crippen molar-refractivity contribution >= 4 is 11.3 Å². The van der Waals surface area contributed by atoms with E-state index in [-0.39, 0.29) is 24.8 Å². The fourth-order valence-corrected chi connectivity index (χ4v) is 4.09. The van der Waals surface area contributed by atoms with Crippen LogP contribution in [0.5, 0.6) is 0 Å². The molecule has 17 heavy (non-hydrogen) atoms. The normalized spacial score (nSPS) is 31.5. The van der Waals surface area contributed by atoms with E-state index in [4.69, 9.17) is 5.73 Å². The van der Waals surface area contributed by atoms with Crippen LogP contribution in [-0.4, -0.2) is 10.9 Å². The van der Waals surface area contributed by atoms with Crippen LogP contribution in [0.1, 0.15) is 59.6 Å². The van der Waals surface area contributed by atoms with Gasteiger partial charge in [-0.05, 0) is 25.7 Å². The summed E-state index contributed by atoms with van der Waals surface area (Å²) < 4.78 is 26.4. The van der Waals surface area contributed by atoms with Crippen LogP contribution in [0.25, 0.3) is 0 Å². The zero-order valence-electron chi connectivity index (χ0n) is 9.59. The van der Waals surface area contributed by atoms with E-state index in [9.17, 15) is 8.78 Å².